The van der Waals surface area contributed by atoms with Gasteiger partial charge in [0.05, 0.1) is 28.0 Å². The number of fused-ring (bicyclic) bond motifs is 1. The molecule has 2 heterocycles. The molecule has 33 heavy (non-hydrogen) atoms. The summed E-state index contributed by atoms with van der Waals surface area (Å²) >= 11 is 6.36. The molecule has 2 aromatic carbocycles. The highest BCUT2D eigenvalue weighted by atomic mass is 35.5. The Morgan fingerprint density at radius 1 is 0.970 bits per heavy atom. The van der Waals surface area contributed by atoms with E-state index in [-0.39, 0.29) is 24.3 Å². The van der Waals surface area contributed by atoms with Crippen molar-refractivity contribution in [2.75, 3.05) is 26.2 Å². The summed E-state index contributed by atoms with van der Waals surface area (Å²) < 4.78 is 1.47. The first-order valence-electron chi connectivity index (χ1n) is 11.0. The summed E-state index contributed by atoms with van der Waals surface area (Å²) in [7, 11) is 0. The quantitative estimate of drug-likeness (QED) is 0.636. The fraction of sp³-hybridized carbons (Fsp3) is 0.333. The molecule has 170 valence electrons. The number of nitrogens with zero attached hydrogens (tertiary/aromatic N) is 3. The molecule has 3 aromatic rings. The molecule has 1 saturated carbocycles. The first-order chi connectivity index (χ1) is 15.9. The van der Waals surface area contributed by atoms with Crippen LogP contribution in [-0.2, 0) is 11.3 Å². The number of carbonyl (C=O) groups excluding carboxylic acids is 2. The maximum Gasteiger partial charge on any atom is 0.329 e. The van der Waals surface area contributed by atoms with Gasteiger partial charge in [0.15, 0.2) is 0 Å². The smallest absolute Gasteiger partial charge is 0.329 e. The van der Waals surface area contributed by atoms with Crippen LogP contribution in [0.1, 0.15) is 28.8 Å². The molecule has 5 rings (SSSR count). The number of piperazine rings is 1. The average Bonchev–Trinajstić information content (AvgIpc) is 3.67. The fourth-order valence-corrected chi connectivity index (χ4v) is 4.50. The number of nitrogens with one attached hydrogen (secondary N) is 1. The second-order valence-corrected chi connectivity index (χ2v) is 8.98. The Kier molecular flexibility index (Phi) is 5.54. The molecule has 0 radical (unpaired) electrons. The first kappa shape index (κ1) is 21.5. The summed E-state index contributed by atoms with van der Waals surface area (Å²) in [6.45, 7) is 2.15. The van der Waals surface area contributed by atoms with Crippen molar-refractivity contribution in [1.82, 2.24) is 19.4 Å². The highest BCUT2D eigenvalue weighted by Gasteiger charge is 2.35. The lowest BCUT2D eigenvalue weighted by Crippen LogP contribution is -2.51. The minimum absolute atomic E-state index is 0.172. The molecule has 1 aliphatic carbocycles. The average molecular weight is 467 g/mol. The minimum Gasteiger partial charge on any atom is -0.339 e. The molecule has 0 atom stereocenters. The number of para-hydroxylation sites is 1. The Bertz CT molecular complexity index is 1370. The van der Waals surface area contributed by atoms with Crippen LogP contribution >= 0.6 is 11.6 Å². The fourth-order valence-electron chi connectivity index (χ4n) is 4.31. The summed E-state index contributed by atoms with van der Waals surface area (Å²) in [4.78, 5) is 56.0. The summed E-state index contributed by atoms with van der Waals surface area (Å²) in [6, 6.07) is 12.0. The molecule has 8 nitrogen and oxygen atoms in total. The highest BCUT2D eigenvalue weighted by molar-refractivity contribution is 6.33. The predicted octanol–water partition coefficient (Wildman–Crippen LogP) is 2.09. The van der Waals surface area contributed by atoms with Gasteiger partial charge in [-0.2, -0.15) is 0 Å². The third kappa shape index (κ3) is 4.18. The van der Waals surface area contributed by atoms with Gasteiger partial charge in [0.2, 0.25) is 5.91 Å². The second-order valence-electron chi connectivity index (χ2n) is 8.57. The molecule has 0 unspecified atom stereocenters. The summed E-state index contributed by atoms with van der Waals surface area (Å²) in [5.74, 6) is 0.172. The largest absolute Gasteiger partial charge is 0.339 e. The summed E-state index contributed by atoms with van der Waals surface area (Å²) in [6.07, 6.45) is 1.93. The lowest BCUT2D eigenvalue weighted by atomic mass is 10.1. The maximum atomic E-state index is 13.2. The normalized spacial score (nSPS) is 16.3. The van der Waals surface area contributed by atoms with Gasteiger partial charge in [-0.05, 0) is 42.7 Å². The number of carbonyl (C=O) groups is 2. The molecule has 1 saturated heterocycles. The molecule has 2 aliphatic rings. The van der Waals surface area contributed by atoms with E-state index in [1.165, 1.54) is 4.57 Å². The standard InChI is InChI=1S/C24H23ClN4O4/c25-19-8-5-15(14-29-20-4-2-1-3-17(20)21(30)26-24(29)33)13-18(19)23(32)28-11-9-27(10-12-28)22(31)16-6-7-16/h1-5,8,13,16H,6-7,9-12,14H2,(H,26,30,33). The van der Waals surface area contributed by atoms with E-state index in [2.05, 4.69) is 4.98 Å². The SMILES string of the molecule is O=C(c1cc(Cn2c(=O)[nH]c(=O)c3ccccc32)ccc1Cl)N1CCN(C(=O)C2CC2)CC1. The Morgan fingerprint density at radius 2 is 1.67 bits per heavy atom. The molecule has 1 aromatic heterocycles. The molecule has 9 heteroatoms. The van der Waals surface area contributed by atoms with E-state index in [0.29, 0.717) is 53.2 Å². The van der Waals surface area contributed by atoms with Gasteiger partial charge in [0, 0.05) is 32.1 Å². The molecule has 2 fully saturated rings. The van der Waals surface area contributed by atoms with Crippen LogP contribution in [0.4, 0.5) is 0 Å². The zero-order valence-electron chi connectivity index (χ0n) is 17.9. The molecular weight excluding hydrogens is 444 g/mol. The number of rotatable bonds is 4. The topological polar surface area (TPSA) is 95.5 Å². The number of benzene rings is 2. The van der Waals surface area contributed by atoms with Crippen molar-refractivity contribution in [3.63, 3.8) is 0 Å². The van der Waals surface area contributed by atoms with Crippen molar-refractivity contribution in [1.29, 1.82) is 0 Å². The third-order valence-corrected chi connectivity index (χ3v) is 6.64. The number of aromatic amines is 1. The van der Waals surface area contributed by atoms with E-state index in [1.807, 2.05) is 4.90 Å². The van der Waals surface area contributed by atoms with Crippen molar-refractivity contribution < 1.29 is 9.59 Å². The zero-order valence-corrected chi connectivity index (χ0v) is 18.7. The summed E-state index contributed by atoms with van der Waals surface area (Å²) in [5, 5.41) is 0.750. The maximum absolute atomic E-state index is 13.2. The molecular formula is C24H23ClN4O4. The van der Waals surface area contributed by atoms with Crippen molar-refractivity contribution in [2.45, 2.75) is 19.4 Å². The van der Waals surface area contributed by atoms with Gasteiger partial charge in [0.25, 0.3) is 11.5 Å². The van der Waals surface area contributed by atoms with Gasteiger partial charge in [-0.3, -0.25) is 23.9 Å². The number of hydrogen-bond acceptors (Lipinski definition) is 4. The third-order valence-electron chi connectivity index (χ3n) is 6.31. The number of hydrogen-bond donors (Lipinski definition) is 1. The van der Waals surface area contributed by atoms with Crippen molar-refractivity contribution in [2.24, 2.45) is 5.92 Å². The Labute approximate surface area is 194 Å². The van der Waals surface area contributed by atoms with Crippen molar-refractivity contribution >= 4 is 34.3 Å². The minimum atomic E-state index is -0.516. The monoisotopic (exact) mass is 466 g/mol. The van der Waals surface area contributed by atoms with E-state index < -0.39 is 11.2 Å². The van der Waals surface area contributed by atoms with Crippen LogP contribution in [0.3, 0.4) is 0 Å². The zero-order chi connectivity index (χ0) is 23.1. The van der Waals surface area contributed by atoms with Crippen LogP contribution in [-0.4, -0.2) is 57.3 Å². The van der Waals surface area contributed by atoms with Gasteiger partial charge in [-0.25, -0.2) is 4.79 Å². The van der Waals surface area contributed by atoms with Gasteiger partial charge in [0.1, 0.15) is 0 Å². The van der Waals surface area contributed by atoms with Gasteiger partial charge < -0.3 is 9.80 Å². The summed E-state index contributed by atoms with van der Waals surface area (Å²) in [5.41, 5.74) is 0.643. The van der Waals surface area contributed by atoms with Crippen LogP contribution in [0.5, 0.6) is 0 Å². The van der Waals surface area contributed by atoms with Crippen molar-refractivity contribution in [3.05, 3.63) is 79.5 Å². The van der Waals surface area contributed by atoms with Crippen molar-refractivity contribution in [3.8, 4) is 0 Å². The van der Waals surface area contributed by atoms with E-state index in [0.717, 1.165) is 12.8 Å². The van der Waals surface area contributed by atoms with Crippen LogP contribution in [0.2, 0.25) is 5.02 Å². The Balaban J connectivity index is 1.38. The van der Waals surface area contributed by atoms with Gasteiger partial charge in [-0.15, -0.1) is 0 Å². The number of aromatic nitrogens is 2. The number of halogens is 1. The van der Waals surface area contributed by atoms with Crippen LogP contribution in [0, 0.1) is 5.92 Å². The first-order valence-corrected chi connectivity index (χ1v) is 11.4. The number of H-pyrrole nitrogens is 1. The Morgan fingerprint density at radius 3 is 2.39 bits per heavy atom. The molecule has 1 aliphatic heterocycles. The van der Waals surface area contributed by atoms with E-state index >= 15 is 0 Å². The predicted molar refractivity (Wildman–Crippen MR) is 125 cm³/mol. The Hall–Kier alpha value is -3.39. The van der Waals surface area contributed by atoms with Crippen LogP contribution in [0.25, 0.3) is 10.9 Å². The molecule has 1 N–H and O–H groups in total. The molecule has 0 spiro atoms. The van der Waals surface area contributed by atoms with Gasteiger partial charge >= 0.3 is 5.69 Å². The van der Waals surface area contributed by atoms with E-state index in [1.54, 1.807) is 47.4 Å². The number of amides is 2. The van der Waals surface area contributed by atoms with Crippen LogP contribution < -0.4 is 11.2 Å². The highest BCUT2D eigenvalue weighted by Crippen LogP contribution is 2.31. The molecule has 2 amide bonds. The van der Waals surface area contributed by atoms with Crippen LogP contribution in [0.15, 0.2) is 52.1 Å². The van der Waals surface area contributed by atoms with E-state index in [4.69, 9.17) is 11.6 Å². The lowest BCUT2D eigenvalue weighted by Gasteiger charge is -2.35. The lowest BCUT2D eigenvalue weighted by molar-refractivity contribution is -0.134. The van der Waals surface area contributed by atoms with Gasteiger partial charge in [-0.1, -0.05) is 29.8 Å². The van der Waals surface area contributed by atoms with E-state index in [9.17, 15) is 19.2 Å². The molecule has 0 bridgehead atoms. The second kappa shape index (κ2) is 8.51.